The largest absolute Gasteiger partial charge is 0.361 e. The molecule has 0 amide bonds. The van der Waals surface area contributed by atoms with Gasteiger partial charge in [-0.25, -0.2) is 19.4 Å². The fourth-order valence-corrected chi connectivity index (χ4v) is 4.70. The summed E-state index contributed by atoms with van der Waals surface area (Å²) in [5.41, 5.74) is 3.85. The number of imidazole rings is 1. The Hall–Kier alpha value is -4.38. The third-order valence-corrected chi connectivity index (χ3v) is 6.64. The highest BCUT2D eigenvalue weighted by atomic mass is 16.5. The number of aryl methyl sites for hydroxylation is 1. The van der Waals surface area contributed by atoms with Gasteiger partial charge in [-0.2, -0.15) is 0 Å². The fraction of sp³-hybridized carbons (Fsp3) is 0.333. The van der Waals surface area contributed by atoms with Crippen molar-refractivity contribution in [3.8, 4) is 22.5 Å². The topological polar surface area (TPSA) is 126 Å². The number of aromatic nitrogens is 8. The van der Waals surface area contributed by atoms with Gasteiger partial charge in [0.1, 0.15) is 12.1 Å². The molecule has 3 aromatic heterocycles. The molecule has 11 heteroatoms. The predicted molar refractivity (Wildman–Crippen MR) is 144 cm³/mol. The quantitative estimate of drug-likeness (QED) is 0.336. The Morgan fingerprint density at radius 2 is 1.68 bits per heavy atom. The first-order valence-electron chi connectivity index (χ1n) is 12.5. The van der Waals surface area contributed by atoms with Gasteiger partial charge < -0.3 is 9.30 Å². The van der Waals surface area contributed by atoms with E-state index in [1.165, 1.54) is 16.2 Å². The number of H-pyrrole nitrogens is 1. The zero-order chi connectivity index (χ0) is 27.0. The van der Waals surface area contributed by atoms with Crippen LogP contribution in [0, 0.1) is 12.8 Å². The molecule has 0 spiro atoms. The number of ether oxygens (including phenoxy) is 1. The number of aromatic amines is 1. The Balaban J connectivity index is 1.58. The highest BCUT2D eigenvalue weighted by molar-refractivity contribution is 5.80. The number of fused-ring (bicyclic) bond motifs is 1. The second kappa shape index (κ2) is 10.2. The molecule has 1 unspecified atom stereocenters. The minimum absolute atomic E-state index is 0.116. The number of methoxy groups -OCH3 is 1. The van der Waals surface area contributed by atoms with Crippen molar-refractivity contribution in [2.24, 2.45) is 5.92 Å². The first-order valence-corrected chi connectivity index (χ1v) is 12.5. The number of rotatable bonds is 8. The SMILES string of the molecule is COC(C)n1c(=O)n(CC(C)C)c(=O)c2c1nc(C)n2Cc1ccc(-c2ccccc2-c2nnn[nH]2)cc1. The molecular formula is C27H30N8O3. The lowest BCUT2D eigenvalue weighted by Gasteiger charge is -2.17. The molecule has 196 valence electrons. The lowest BCUT2D eigenvalue weighted by Crippen LogP contribution is -2.42. The first kappa shape index (κ1) is 25.3. The maximum atomic E-state index is 13.6. The Bertz CT molecular complexity index is 1700. The molecule has 38 heavy (non-hydrogen) atoms. The minimum Gasteiger partial charge on any atom is -0.361 e. The Kier molecular flexibility index (Phi) is 6.77. The summed E-state index contributed by atoms with van der Waals surface area (Å²) in [5, 5.41) is 14.3. The molecule has 5 aromatic rings. The normalized spacial score (nSPS) is 12.5. The number of nitrogens with zero attached hydrogens (tertiary/aromatic N) is 7. The molecule has 0 saturated carbocycles. The van der Waals surface area contributed by atoms with Crippen LogP contribution >= 0.6 is 0 Å². The Morgan fingerprint density at radius 1 is 0.974 bits per heavy atom. The van der Waals surface area contributed by atoms with Gasteiger partial charge in [0.25, 0.3) is 5.56 Å². The van der Waals surface area contributed by atoms with Crippen LogP contribution in [-0.4, -0.2) is 46.4 Å². The number of nitrogens with one attached hydrogen (secondary N) is 1. The van der Waals surface area contributed by atoms with E-state index in [-0.39, 0.29) is 11.5 Å². The van der Waals surface area contributed by atoms with Crippen LogP contribution in [-0.2, 0) is 17.8 Å². The van der Waals surface area contributed by atoms with Crippen LogP contribution in [0.2, 0.25) is 0 Å². The van der Waals surface area contributed by atoms with Gasteiger partial charge >= 0.3 is 5.69 Å². The molecule has 0 saturated heterocycles. The summed E-state index contributed by atoms with van der Waals surface area (Å²) < 4.78 is 10.1. The van der Waals surface area contributed by atoms with Crippen LogP contribution in [0.1, 0.15) is 38.4 Å². The molecule has 0 aliphatic heterocycles. The molecule has 0 fully saturated rings. The molecule has 1 N–H and O–H groups in total. The average Bonchev–Trinajstić information content (AvgIpc) is 3.55. The van der Waals surface area contributed by atoms with Gasteiger partial charge in [0.15, 0.2) is 17.0 Å². The molecule has 1 atom stereocenters. The van der Waals surface area contributed by atoms with Crippen molar-refractivity contribution in [1.82, 2.24) is 39.3 Å². The van der Waals surface area contributed by atoms with Gasteiger partial charge in [0, 0.05) is 25.8 Å². The Labute approximate surface area is 218 Å². The summed E-state index contributed by atoms with van der Waals surface area (Å²) in [7, 11) is 1.53. The number of hydrogen-bond acceptors (Lipinski definition) is 7. The van der Waals surface area contributed by atoms with Gasteiger partial charge in [-0.3, -0.25) is 9.36 Å². The van der Waals surface area contributed by atoms with Crippen molar-refractivity contribution in [2.75, 3.05) is 7.11 Å². The van der Waals surface area contributed by atoms with Crippen LogP contribution in [0.5, 0.6) is 0 Å². The molecule has 0 bridgehead atoms. The summed E-state index contributed by atoms with van der Waals surface area (Å²) in [5.74, 6) is 1.35. The van der Waals surface area contributed by atoms with Gasteiger partial charge in [-0.15, -0.1) is 5.10 Å². The van der Waals surface area contributed by atoms with E-state index < -0.39 is 11.9 Å². The van der Waals surface area contributed by atoms with E-state index in [2.05, 4.69) is 25.6 Å². The smallest absolute Gasteiger partial charge is 0.334 e. The molecule has 2 aromatic carbocycles. The first-order chi connectivity index (χ1) is 18.3. The standard InChI is InChI=1S/C27H30N8O3/c1-16(2)14-34-26(36)23-25(35(27(34)37)18(4)38-5)28-17(3)33(23)15-19-10-12-20(13-11-19)21-8-6-7-9-22(21)24-29-31-32-30-24/h6-13,16,18H,14-15H2,1-5H3,(H,29,30,31,32). The average molecular weight is 515 g/mol. The lowest BCUT2D eigenvalue weighted by molar-refractivity contribution is 0.0583. The minimum atomic E-state index is -0.578. The molecule has 3 heterocycles. The predicted octanol–water partition coefficient (Wildman–Crippen LogP) is 3.38. The van der Waals surface area contributed by atoms with Crippen molar-refractivity contribution in [3.63, 3.8) is 0 Å². The zero-order valence-electron chi connectivity index (χ0n) is 22.0. The molecule has 11 nitrogen and oxygen atoms in total. The monoisotopic (exact) mass is 514 g/mol. The van der Waals surface area contributed by atoms with Crippen LogP contribution in [0.15, 0.2) is 58.1 Å². The van der Waals surface area contributed by atoms with E-state index in [1.54, 1.807) is 6.92 Å². The van der Waals surface area contributed by atoms with Crippen LogP contribution in [0.3, 0.4) is 0 Å². The Morgan fingerprint density at radius 3 is 2.32 bits per heavy atom. The highest BCUT2D eigenvalue weighted by Crippen LogP contribution is 2.30. The molecule has 5 rings (SSSR count). The number of benzene rings is 2. The van der Waals surface area contributed by atoms with Crippen molar-refractivity contribution < 1.29 is 4.74 Å². The van der Waals surface area contributed by atoms with Crippen molar-refractivity contribution in [3.05, 3.63) is 80.8 Å². The molecule has 0 aliphatic carbocycles. The summed E-state index contributed by atoms with van der Waals surface area (Å²) in [6, 6.07) is 16.0. The highest BCUT2D eigenvalue weighted by Gasteiger charge is 2.23. The van der Waals surface area contributed by atoms with Crippen LogP contribution < -0.4 is 11.2 Å². The van der Waals surface area contributed by atoms with Crippen LogP contribution in [0.4, 0.5) is 0 Å². The maximum Gasteiger partial charge on any atom is 0.334 e. The van der Waals surface area contributed by atoms with Crippen molar-refractivity contribution in [2.45, 2.75) is 47.0 Å². The lowest BCUT2D eigenvalue weighted by atomic mass is 9.98. The summed E-state index contributed by atoms with van der Waals surface area (Å²) in [6.07, 6.45) is -0.578. The molecule has 0 aliphatic rings. The van der Waals surface area contributed by atoms with Gasteiger partial charge in [0.2, 0.25) is 0 Å². The summed E-state index contributed by atoms with van der Waals surface area (Å²) in [6.45, 7) is 8.29. The summed E-state index contributed by atoms with van der Waals surface area (Å²) in [4.78, 5) is 31.5. The van der Waals surface area contributed by atoms with E-state index in [9.17, 15) is 9.59 Å². The second-order valence-corrected chi connectivity index (χ2v) is 9.71. The van der Waals surface area contributed by atoms with Gasteiger partial charge in [0.05, 0.1) is 0 Å². The summed E-state index contributed by atoms with van der Waals surface area (Å²) >= 11 is 0. The van der Waals surface area contributed by atoms with Crippen LogP contribution in [0.25, 0.3) is 33.7 Å². The van der Waals surface area contributed by atoms with E-state index >= 15 is 0 Å². The van der Waals surface area contributed by atoms with Gasteiger partial charge in [-0.1, -0.05) is 62.4 Å². The van der Waals surface area contributed by atoms with Crippen molar-refractivity contribution in [1.29, 1.82) is 0 Å². The van der Waals surface area contributed by atoms with E-state index in [1.807, 2.05) is 73.9 Å². The number of tetrazole rings is 1. The molecule has 0 radical (unpaired) electrons. The zero-order valence-corrected chi connectivity index (χ0v) is 22.0. The number of hydrogen-bond donors (Lipinski definition) is 1. The maximum absolute atomic E-state index is 13.6. The third kappa shape index (κ3) is 4.45. The van der Waals surface area contributed by atoms with E-state index in [0.717, 1.165) is 22.3 Å². The van der Waals surface area contributed by atoms with Gasteiger partial charge in [-0.05, 0) is 46.9 Å². The third-order valence-electron chi connectivity index (χ3n) is 6.64. The fourth-order valence-electron chi connectivity index (χ4n) is 4.70. The van der Waals surface area contributed by atoms with Crippen molar-refractivity contribution >= 4 is 11.2 Å². The molecular weight excluding hydrogens is 484 g/mol. The van der Waals surface area contributed by atoms with E-state index in [0.29, 0.717) is 35.9 Å². The second-order valence-electron chi connectivity index (χ2n) is 9.71. The van der Waals surface area contributed by atoms with E-state index in [4.69, 9.17) is 4.74 Å².